The minimum atomic E-state index is -0.712. The minimum absolute atomic E-state index is 0.0395. The summed E-state index contributed by atoms with van der Waals surface area (Å²) in [6.45, 7) is 1.57. The van der Waals surface area contributed by atoms with Crippen LogP contribution in [0.15, 0.2) is 42.5 Å². The molecule has 3 rings (SSSR count). The van der Waals surface area contributed by atoms with Crippen molar-refractivity contribution in [1.29, 1.82) is 0 Å². The molecule has 1 N–H and O–H groups in total. The van der Waals surface area contributed by atoms with Gasteiger partial charge in [0.2, 0.25) is 5.91 Å². The molecular formula is C23H23ClN2O7. The Kier molecular flexibility index (Phi) is 7.89. The van der Waals surface area contributed by atoms with Gasteiger partial charge in [-0.1, -0.05) is 11.6 Å². The number of hydrogen-bond donors (Lipinski definition) is 1. The molecule has 33 heavy (non-hydrogen) atoms. The number of methoxy groups -OCH3 is 1. The number of hydrogen-bond acceptors (Lipinski definition) is 7. The number of esters is 2. The van der Waals surface area contributed by atoms with E-state index >= 15 is 0 Å². The van der Waals surface area contributed by atoms with Crippen molar-refractivity contribution < 1.29 is 33.4 Å². The summed E-state index contributed by atoms with van der Waals surface area (Å²) in [6, 6.07) is 11.1. The maximum atomic E-state index is 12.4. The molecule has 2 amide bonds. The van der Waals surface area contributed by atoms with E-state index in [1.54, 1.807) is 43.3 Å². The summed E-state index contributed by atoms with van der Waals surface area (Å²) in [7, 11) is 1.45. The Balaban J connectivity index is 1.54. The lowest BCUT2D eigenvalue weighted by atomic mass is 10.1. The van der Waals surface area contributed by atoms with Crippen molar-refractivity contribution in [2.24, 2.45) is 5.92 Å². The molecule has 1 saturated heterocycles. The molecule has 0 aliphatic carbocycles. The molecule has 1 heterocycles. The van der Waals surface area contributed by atoms with Gasteiger partial charge in [-0.2, -0.15) is 0 Å². The quantitative estimate of drug-likeness (QED) is 0.585. The highest BCUT2D eigenvalue weighted by atomic mass is 35.5. The SMILES string of the molecule is CCOC(=O)c1ccc(N2C[C@H](C(=O)OCC(=O)Nc3cc(Cl)ccc3OC)CC2=O)cc1. The standard InChI is InChI=1S/C23H23ClN2O7/c1-3-32-22(29)14-4-7-17(8-5-14)26-12-15(10-21(26)28)23(30)33-13-20(27)25-18-11-16(24)6-9-19(18)31-2/h4-9,11,15H,3,10,12-13H2,1-2H3,(H,25,27)/t15-/m1/s1. The van der Waals surface area contributed by atoms with Crippen molar-refractivity contribution in [1.82, 2.24) is 0 Å². The van der Waals surface area contributed by atoms with Crippen LogP contribution >= 0.6 is 11.6 Å². The summed E-state index contributed by atoms with van der Waals surface area (Å²) in [4.78, 5) is 50.2. The van der Waals surface area contributed by atoms with Crippen LogP contribution < -0.4 is 15.0 Å². The number of carbonyl (C=O) groups is 4. The first kappa shape index (κ1) is 24.1. The first-order valence-corrected chi connectivity index (χ1v) is 10.6. The van der Waals surface area contributed by atoms with Crippen LogP contribution in [0, 0.1) is 5.92 Å². The molecule has 1 aliphatic rings. The van der Waals surface area contributed by atoms with Crippen LogP contribution in [0.4, 0.5) is 11.4 Å². The van der Waals surface area contributed by atoms with Crippen molar-refractivity contribution in [3.8, 4) is 5.75 Å². The molecule has 1 atom stereocenters. The third kappa shape index (κ3) is 6.01. The first-order valence-electron chi connectivity index (χ1n) is 10.2. The van der Waals surface area contributed by atoms with Gasteiger partial charge in [0.15, 0.2) is 6.61 Å². The van der Waals surface area contributed by atoms with E-state index in [-0.39, 0.29) is 25.5 Å². The third-order valence-electron chi connectivity index (χ3n) is 4.93. The van der Waals surface area contributed by atoms with E-state index in [0.29, 0.717) is 27.7 Å². The van der Waals surface area contributed by atoms with E-state index in [4.69, 9.17) is 25.8 Å². The van der Waals surface area contributed by atoms with Gasteiger partial charge < -0.3 is 24.4 Å². The molecule has 0 unspecified atom stereocenters. The molecule has 1 aliphatic heterocycles. The van der Waals surface area contributed by atoms with Gasteiger partial charge in [-0.3, -0.25) is 14.4 Å². The lowest BCUT2D eigenvalue weighted by Gasteiger charge is -2.17. The highest BCUT2D eigenvalue weighted by Crippen LogP contribution is 2.28. The summed E-state index contributed by atoms with van der Waals surface area (Å²) >= 11 is 5.94. The molecule has 2 aromatic carbocycles. The Hall–Kier alpha value is -3.59. The lowest BCUT2D eigenvalue weighted by molar-refractivity contribution is -0.151. The molecular weight excluding hydrogens is 452 g/mol. The summed E-state index contributed by atoms with van der Waals surface area (Å²) in [6.07, 6.45) is -0.0395. The molecule has 2 aromatic rings. The van der Waals surface area contributed by atoms with Crippen LogP contribution in [0.25, 0.3) is 0 Å². The van der Waals surface area contributed by atoms with Crippen molar-refractivity contribution in [2.75, 3.05) is 37.1 Å². The zero-order chi connectivity index (χ0) is 24.0. The Morgan fingerprint density at radius 1 is 1.12 bits per heavy atom. The van der Waals surface area contributed by atoms with Gasteiger partial charge in [-0.05, 0) is 49.4 Å². The van der Waals surface area contributed by atoms with E-state index in [1.165, 1.54) is 18.1 Å². The van der Waals surface area contributed by atoms with E-state index < -0.39 is 30.4 Å². The number of nitrogens with zero attached hydrogens (tertiary/aromatic N) is 1. The number of carbonyl (C=O) groups excluding carboxylic acids is 4. The van der Waals surface area contributed by atoms with Gasteiger partial charge >= 0.3 is 11.9 Å². The Labute approximate surface area is 195 Å². The molecule has 0 aromatic heterocycles. The Morgan fingerprint density at radius 2 is 1.85 bits per heavy atom. The number of nitrogens with one attached hydrogen (secondary N) is 1. The average Bonchev–Trinajstić information content (AvgIpc) is 3.19. The van der Waals surface area contributed by atoms with Crippen LogP contribution in [0.2, 0.25) is 5.02 Å². The number of anilines is 2. The van der Waals surface area contributed by atoms with Crippen molar-refractivity contribution >= 4 is 46.7 Å². The molecule has 1 fully saturated rings. The van der Waals surface area contributed by atoms with E-state index in [9.17, 15) is 19.2 Å². The highest BCUT2D eigenvalue weighted by molar-refractivity contribution is 6.31. The number of halogens is 1. The number of ether oxygens (including phenoxy) is 3. The van der Waals surface area contributed by atoms with Gasteiger partial charge in [0.25, 0.3) is 5.91 Å². The fourth-order valence-electron chi connectivity index (χ4n) is 3.33. The maximum Gasteiger partial charge on any atom is 0.338 e. The van der Waals surface area contributed by atoms with E-state index in [1.807, 2.05) is 0 Å². The minimum Gasteiger partial charge on any atom is -0.495 e. The molecule has 0 bridgehead atoms. The Bertz CT molecular complexity index is 1060. The topological polar surface area (TPSA) is 111 Å². The Morgan fingerprint density at radius 3 is 2.52 bits per heavy atom. The number of rotatable bonds is 8. The zero-order valence-electron chi connectivity index (χ0n) is 18.1. The molecule has 0 radical (unpaired) electrons. The van der Waals surface area contributed by atoms with Crippen LogP contribution in [0.1, 0.15) is 23.7 Å². The average molecular weight is 475 g/mol. The summed E-state index contributed by atoms with van der Waals surface area (Å²) in [5.41, 5.74) is 1.26. The smallest absolute Gasteiger partial charge is 0.338 e. The fraction of sp³-hybridized carbons (Fsp3) is 0.304. The van der Waals surface area contributed by atoms with E-state index in [2.05, 4.69) is 5.32 Å². The van der Waals surface area contributed by atoms with E-state index in [0.717, 1.165) is 0 Å². The molecule has 174 valence electrons. The molecule has 10 heteroatoms. The van der Waals surface area contributed by atoms with Crippen LogP contribution in [-0.2, 0) is 23.9 Å². The third-order valence-corrected chi connectivity index (χ3v) is 5.16. The van der Waals surface area contributed by atoms with Gasteiger partial charge in [0.05, 0.1) is 30.9 Å². The van der Waals surface area contributed by atoms with Crippen LogP contribution in [-0.4, -0.2) is 50.6 Å². The second-order valence-corrected chi connectivity index (χ2v) is 7.61. The summed E-state index contributed by atoms with van der Waals surface area (Å²) < 4.78 is 15.2. The van der Waals surface area contributed by atoms with Crippen molar-refractivity contribution in [3.63, 3.8) is 0 Å². The normalized spacial score (nSPS) is 15.2. The molecule has 0 spiro atoms. The fourth-order valence-corrected chi connectivity index (χ4v) is 3.50. The lowest BCUT2D eigenvalue weighted by Crippen LogP contribution is -2.28. The van der Waals surface area contributed by atoms with Gasteiger partial charge in [0.1, 0.15) is 5.75 Å². The first-order chi connectivity index (χ1) is 15.8. The largest absolute Gasteiger partial charge is 0.495 e. The molecule has 0 saturated carbocycles. The van der Waals surface area contributed by atoms with Crippen molar-refractivity contribution in [3.05, 3.63) is 53.1 Å². The number of amides is 2. The predicted molar refractivity (Wildman–Crippen MR) is 120 cm³/mol. The predicted octanol–water partition coefficient (Wildman–Crippen LogP) is 3.06. The second-order valence-electron chi connectivity index (χ2n) is 7.17. The zero-order valence-corrected chi connectivity index (χ0v) is 18.9. The summed E-state index contributed by atoms with van der Waals surface area (Å²) in [5, 5.41) is 2.98. The van der Waals surface area contributed by atoms with Crippen LogP contribution in [0.5, 0.6) is 5.75 Å². The monoisotopic (exact) mass is 474 g/mol. The number of benzene rings is 2. The maximum absolute atomic E-state index is 12.4. The molecule has 9 nitrogen and oxygen atoms in total. The van der Waals surface area contributed by atoms with Gasteiger partial charge in [-0.15, -0.1) is 0 Å². The second kappa shape index (κ2) is 10.8. The van der Waals surface area contributed by atoms with Gasteiger partial charge in [0, 0.05) is 23.7 Å². The van der Waals surface area contributed by atoms with Crippen LogP contribution in [0.3, 0.4) is 0 Å². The van der Waals surface area contributed by atoms with Gasteiger partial charge in [-0.25, -0.2) is 4.79 Å². The summed E-state index contributed by atoms with van der Waals surface area (Å²) in [5.74, 6) is -2.23. The van der Waals surface area contributed by atoms with Crippen molar-refractivity contribution in [2.45, 2.75) is 13.3 Å². The highest BCUT2D eigenvalue weighted by Gasteiger charge is 2.36.